The molecule has 22 heavy (non-hydrogen) atoms. The van der Waals surface area contributed by atoms with Crippen LogP contribution in [0.1, 0.15) is 49.1 Å². The summed E-state index contributed by atoms with van der Waals surface area (Å²) in [5.41, 5.74) is 4.64. The summed E-state index contributed by atoms with van der Waals surface area (Å²) >= 11 is 6.08. The van der Waals surface area contributed by atoms with Crippen LogP contribution in [0.3, 0.4) is 0 Å². The van der Waals surface area contributed by atoms with Crippen molar-refractivity contribution in [3.8, 4) is 0 Å². The molecule has 3 aromatic heterocycles. The summed E-state index contributed by atoms with van der Waals surface area (Å²) in [5, 5.41) is 4.96. The van der Waals surface area contributed by atoms with Crippen LogP contribution in [0.4, 0.5) is 0 Å². The highest BCUT2D eigenvalue weighted by Crippen LogP contribution is 2.41. The van der Waals surface area contributed by atoms with Crippen molar-refractivity contribution in [2.45, 2.75) is 45.1 Å². The highest BCUT2D eigenvalue weighted by Gasteiger charge is 2.30. The van der Waals surface area contributed by atoms with Crippen molar-refractivity contribution in [1.82, 2.24) is 19.2 Å². The summed E-state index contributed by atoms with van der Waals surface area (Å²) in [6.07, 6.45) is 9.13. The van der Waals surface area contributed by atoms with Crippen molar-refractivity contribution in [3.63, 3.8) is 0 Å². The minimum atomic E-state index is 0.507. The second-order valence-electron chi connectivity index (χ2n) is 6.09. The number of hydrogen-bond acceptors (Lipinski definition) is 2. The molecule has 4 nitrogen and oxygen atoms in total. The quantitative estimate of drug-likeness (QED) is 0.712. The number of fused-ring (bicyclic) bond motifs is 1. The number of imidazole rings is 1. The minimum absolute atomic E-state index is 0.507. The van der Waals surface area contributed by atoms with E-state index in [0.717, 1.165) is 18.6 Å². The fourth-order valence-electron chi connectivity index (χ4n) is 3.00. The van der Waals surface area contributed by atoms with Crippen LogP contribution in [0.2, 0.25) is 5.15 Å². The molecule has 0 radical (unpaired) electrons. The Morgan fingerprint density at radius 2 is 2.14 bits per heavy atom. The third kappa shape index (κ3) is 2.52. The van der Waals surface area contributed by atoms with Gasteiger partial charge in [-0.15, -0.1) is 0 Å². The average molecular weight is 315 g/mol. The number of hydrogen-bond donors (Lipinski definition) is 0. The molecule has 3 aromatic rings. The lowest BCUT2D eigenvalue weighted by Crippen LogP contribution is -2.05. The van der Waals surface area contributed by atoms with E-state index >= 15 is 0 Å². The van der Waals surface area contributed by atoms with Crippen molar-refractivity contribution in [2.24, 2.45) is 0 Å². The first-order valence-electron chi connectivity index (χ1n) is 7.93. The number of aryl methyl sites for hydroxylation is 1. The van der Waals surface area contributed by atoms with Gasteiger partial charge in [0, 0.05) is 18.3 Å². The van der Waals surface area contributed by atoms with E-state index in [0.29, 0.717) is 11.1 Å². The molecule has 0 N–H and O–H groups in total. The smallest absolute Gasteiger partial charge is 0.154 e. The van der Waals surface area contributed by atoms with E-state index < -0.39 is 0 Å². The maximum absolute atomic E-state index is 6.08. The molecule has 0 saturated heterocycles. The van der Waals surface area contributed by atoms with Gasteiger partial charge in [0.1, 0.15) is 5.15 Å². The third-order valence-corrected chi connectivity index (χ3v) is 4.42. The molecule has 0 unspecified atom stereocenters. The average Bonchev–Trinajstić information content (AvgIpc) is 3.16. The van der Waals surface area contributed by atoms with Gasteiger partial charge in [-0.3, -0.25) is 0 Å². The molecule has 1 fully saturated rings. The van der Waals surface area contributed by atoms with Crippen molar-refractivity contribution in [3.05, 3.63) is 52.7 Å². The molecular formula is C17H19ClN4. The predicted octanol–water partition coefficient (Wildman–Crippen LogP) is 4.06. The number of nitrogens with zero attached hydrogens (tertiary/aromatic N) is 4. The lowest BCUT2D eigenvalue weighted by atomic mass is 10.2. The van der Waals surface area contributed by atoms with Crippen LogP contribution in [-0.4, -0.2) is 19.2 Å². The van der Waals surface area contributed by atoms with Crippen LogP contribution < -0.4 is 0 Å². The Morgan fingerprint density at radius 3 is 2.91 bits per heavy atom. The van der Waals surface area contributed by atoms with Gasteiger partial charge in [0.15, 0.2) is 5.65 Å². The fraction of sp³-hybridized carbons (Fsp3) is 0.412. The Morgan fingerprint density at radius 1 is 1.27 bits per heavy atom. The molecule has 1 aliphatic carbocycles. The van der Waals surface area contributed by atoms with Gasteiger partial charge < -0.3 is 4.57 Å². The molecule has 0 atom stereocenters. The van der Waals surface area contributed by atoms with Gasteiger partial charge in [-0.2, -0.15) is 5.10 Å². The van der Waals surface area contributed by atoms with E-state index in [1.54, 1.807) is 6.07 Å². The number of aromatic nitrogens is 4. The minimum Gasteiger partial charge on any atom is -0.348 e. The Labute approximate surface area is 134 Å². The van der Waals surface area contributed by atoms with Crippen LogP contribution >= 0.6 is 11.6 Å². The summed E-state index contributed by atoms with van der Waals surface area (Å²) in [7, 11) is 0. The molecular weight excluding hydrogens is 296 g/mol. The summed E-state index contributed by atoms with van der Waals surface area (Å²) < 4.78 is 4.14. The molecule has 5 heteroatoms. The van der Waals surface area contributed by atoms with Gasteiger partial charge in [-0.05, 0) is 43.0 Å². The van der Waals surface area contributed by atoms with Crippen LogP contribution in [0.15, 0.2) is 30.6 Å². The van der Waals surface area contributed by atoms with Gasteiger partial charge in [0.2, 0.25) is 0 Å². The zero-order chi connectivity index (χ0) is 15.1. The van der Waals surface area contributed by atoms with Crippen molar-refractivity contribution in [1.29, 1.82) is 0 Å². The third-order valence-electron chi connectivity index (χ3n) is 4.22. The summed E-state index contributed by atoms with van der Waals surface area (Å²) in [6.45, 7) is 3.00. The van der Waals surface area contributed by atoms with E-state index in [9.17, 15) is 0 Å². The second kappa shape index (κ2) is 5.43. The van der Waals surface area contributed by atoms with Gasteiger partial charge in [0.05, 0.1) is 17.9 Å². The second-order valence-corrected chi connectivity index (χ2v) is 6.47. The fourth-order valence-corrected chi connectivity index (χ4v) is 3.14. The van der Waals surface area contributed by atoms with Crippen LogP contribution in [0.5, 0.6) is 0 Å². The molecule has 3 heterocycles. The first kappa shape index (κ1) is 13.8. The topological polar surface area (TPSA) is 35.1 Å². The zero-order valence-corrected chi connectivity index (χ0v) is 13.4. The van der Waals surface area contributed by atoms with Crippen molar-refractivity contribution < 1.29 is 0 Å². The Kier molecular flexibility index (Phi) is 3.41. The van der Waals surface area contributed by atoms with E-state index in [2.05, 4.69) is 35.0 Å². The standard InChI is InChI=1S/C17H19ClN4/c1-2-3-12-8-9-21(10-12)11-14-17(13-4-5-13)19-16-7-6-15(18)20-22(14)16/h6-10,13H,2-5,11H2,1H3. The Bertz CT molecular complexity index is 813. The number of rotatable bonds is 5. The molecule has 0 bridgehead atoms. The van der Waals surface area contributed by atoms with Crippen molar-refractivity contribution >= 4 is 17.2 Å². The lowest BCUT2D eigenvalue weighted by Gasteiger charge is -2.05. The van der Waals surface area contributed by atoms with Gasteiger partial charge >= 0.3 is 0 Å². The van der Waals surface area contributed by atoms with Gasteiger partial charge in [-0.1, -0.05) is 24.9 Å². The van der Waals surface area contributed by atoms with Gasteiger partial charge in [0.25, 0.3) is 0 Å². The molecule has 4 rings (SSSR count). The van der Waals surface area contributed by atoms with E-state index in [-0.39, 0.29) is 0 Å². The largest absolute Gasteiger partial charge is 0.348 e. The van der Waals surface area contributed by atoms with Crippen LogP contribution in [0, 0.1) is 0 Å². The lowest BCUT2D eigenvalue weighted by molar-refractivity contribution is 0.726. The molecule has 0 amide bonds. The zero-order valence-electron chi connectivity index (χ0n) is 12.7. The highest BCUT2D eigenvalue weighted by atomic mass is 35.5. The molecule has 1 aliphatic rings. The number of halogens is 1. The van der Waals surface area contributed by atoms with Crippen molar-refractivity contribution in [2.75, 3.05) is 0 Å². The Balaban J connectivity index is 1.74. The molecule has 0 aliphatic heterocycles. The molecule has 114 valence electrons. The predicted molar refractivity (Wildman–Crippen MR) is 87.5 cm³/mol. The molecule has 1 saturated carbocycles. The monoisotopic (exact) mass is 314 g/mol. The summed E-state index contributed by atoms with van der Waals surface area (Å²) in [4.78, 5) is 4.78. The van der Waals surface area contributed by atoms with E-state index in [1.807, 2.05) is 10.6 Å². The first-order valence-corrected chi connectivity index (χ1v) is 8.31. The summed E-state index contributed by atoms with van der Waals surface area (Å²) in [6, 6.07) is 5.95. The molecule has 0 aromatic carbocycles. The maximum Gasteiger partial charge on any atom is 0.154 e. The van der Waals surface area contributed by atoms with E-state index in [1.165, 1.54) is 36.2 Å². The molecule has 0 spiro atoms. The van der Waals surface area contributed by atoms with Gasteiger partial charge in [-0.25, -0.2) is 9.50 Å². The highest BCUT2D eigenvalue weighted by molar-refractivity contribution is 6.29. The first-order chi connectivity index (χ1) is 10.7. The Hall–Kier alpha value is -1.81. The van der Waals surface area contributed by atoms with Crippen LogP contribution in [-0.2, 0) is 13.0 Å². The SMILES string of the molecule is CCCc1ccn(Cc2c(C3CC3)nc3ccc(Cl)nn23)c1. The maximum atomic E-state index is 6.08. The normalized spacial score (nSPS) is 14.8. The summed E-state index contributed by atoms with van der Waals surface area (Å²) in [5.74, 6) is 0.598. The van der Waals surface area contributed by atoms with E-state index in [4.69, 9.17) is 16.6 Å². The van der Waals surface area contributed by atoms with Crippen LogP contribution in [0.25, 0.3) is 5.65 Å².